The molecule has 0 aliphatic heterocycles. The van der Waals surface area contributed by atoms with Gasteiger partial charge in [0.2, 0.25) is 0 Å². The normalized spacial score (nSPS) is 11.4. The van der Waals surface area contributed by atoms with Crippen molar-refractivity contribution in [1.29, 1.82) is 5.26 Å². The first-order valence-electron chi connectivity index (χ1n) is 10.1. The molecule has 7 nitrogen and oxygen atoms in total. The Morgan fingerprint density at radius 1 is 1.00 bits per heavy atom. The molecule has 0 saturated carbocycles. The number of rotatable bonds is 5. The molecule has 0 bridgehead atoms. The summed E-state index contributed by atoms with van der Waals surface area (Å²) in [7, 11) is 0. The Morgan fingerprint density at radius 3 is 2.52 bits per heavy atom. The maximum Gasteiger partial charge on any atom is 0.319 e. The van der Waals surface area contributed by atoms with Gasteiger partial charge in [-0.2, -0.15) is 5.26 Å². The molecule has 33 heavy (non-hydrogen) atoms. The lowest BCUT2D eigenvalue weighted by Gasteiger charge is -2.14. The number of nitrogens with one attached hydrogen (secondary N) is 3. The van der Waals surface area contributed by atoms with Crippen molar-refractivity contribution in [2.24, 2.45) is 0 Å². The molecule has 1 unspecified atom stereocenters. The topological polar surface area (TPSA) is 107 Å². The molecular formula is C25H19FN4O3. The van der Waals surface area contributed by atoms with Gasteiger partial charge in [0.25, 0.3) is 5.91 Å². The van der Waals surface area contributed by atoms with Crippen molar-refractivity contribution in [3.8, 4) is 6.07 Å². The van der Waals surface area contributed by atoms with Gasteiger partial charge in [0.05, 0.1) is 22.9 Å². The van der Waals surface area contributed by atoms with Gasteiger partial charge in [0.15, 0.2) is 0 Å². The van der Waals surface area contributed by atoms with E-state index in [1.807, 2.05) is 36.4 Å². The average Bonchev–Trinajstić information content (AvgIpc) is 3.25. The number of urea groups is 1. The Bertz CT molecular complexity index is 1360. The predicted molar refractivity (Wildman–Crippen MR) is 122 cm³/mol. The summed E-state index contributed by atoms with van der Waals surface area (Å²) in [5.41, 5.74) is 1.26. The van der Waals surface area contributed by atoms with E-state index in [1.165, 1.54) is 36.4 Å². The van der Waals surface area contributed by atoms with Gasteiger partial charge in [-0.15, -0.1) is 0 Å². The number of nitriles is 1. The molecule has 0 aliphatic rings. The van der Waals surface area contributed by atoms with Crippen LogP contribution < -0.4 is 16.0 Å². The zero-order valence-corrected chi connectivity index (χ0v) is 17.6. The first-order chi connectivity index (χ1) is 15.9. The number of nitrogens with zero attached hydrogens (tertiary/aromatic N) is 1. The van der Waals surface area contributed by atoms with Crippen LogP contribution in [0.15, 0.2) is 77.2 Å². The van der Waals surface area contributed by atoms with E-state index in [0.717, 1.165) is 11.0 Å². The second-order valence-electron chi connectivity index (χ2n) is 7.31. The third-order valence-corrected chi connectivity index (χ3v) is 4.98. The molecule has 0 saturated heterocycles. The Labute approximate surface area is 188 Å². The molecule has 4 aromatic rings. The summed E-state index contributed by atoms with van der Waals surface area (Å²) in [6.45, 7) is 1.79. The maximum absolute atomic E-state index is 13.8. The van der Waals surface area contributed by atoms with Gasteiger partial charge in [0.1, 0.15) is 23.2 Å². The predicted octanol–water partition coefficient (Wildman–Crippen LogP) is 5.58. The molecule has 4 rings (SSSR count). The number of carbonyl (C=O) groups is 2. The zero-order valence-electron chi connectivity index (χ0n) is 17.6. The molecule has 0 fully saturated rings. The second-order valence-corrected chi connectivity index (χ2v) is 7.31. The van der Waals surface area contributed by atoms with Crippen molar-refractivity contribution in [1.82, 2.24) is 5.32 Å². The van der Waals surface area contributed by atoms with Crippen LogP contribution in [0.2, 0.25) is 0 Å². The highest BCUT2D eigenvalue weighted by atomic mass is 19.1. The first-order valence-corrected chi connectivity index (χ1v) is 10.1. The Kier molecular flexibility index (Phi) is 6.04. The Hall–Kier alpha value is -4.64. The second kappa shape index (κ2) is 9.24. The van der Waals surface area contributed by atoms with Crippen LogP contribution in [-0.4, -0.2) is 11.9 Å². The van der Waals surface area contributed by atoms with Gasteiger partial charge in [-0.25, -0.2) is 9.18 Å². The highest BCUT2D eigenvalue weighted by Crippen LogP contribution is 2.24. The molecule has 8 heteroatoms. The summed E-state index contributed by atoms with van der Waals surface area (Å²) < 4.78 is 19.6. The van der Waals surface area contributed by atoms with E-state index in [4.69, 9.17) is 4.42 Å². The maximum atomic E-state index is 13.8. The van der Waals surface area contributed by atoms with Crippen LogP contribution in [0.4, 0.5) is 20.6 Å². The first kappa shape index (κ1) is 21.6. The lowest BCUT2D eigenvalue weighted by molar-refractivity contribution is 0.102. The number of para-hydroxylation sites is 1. The molecule has 1 aromatic heterocycles. The van der Waals surface area contributed by atoms with E-state index in [-0.39, 0.29) is 16.8 Å². The number of fused-ring (bicyclic) bond motifs is 1. The van der Waals surface area contributed by atoms with Crippen molar-refractivity contribution in [3.05, 3.63) is 95.5 Å². The number of halogens is 1. The fraction of sp³-hybridized carbons (Fsp3) is 0.0800. The minimum Gasteiger partial charge on any atom is -0.459 e. The molecular weight excluding hydrogens is 423 g/mol. The van der Waals surface area contributed by atoms with Gasteiger partial charge in [-0.1, -0.05) is 30.3 Å². The van der Waals surface area contributed by atoms with E-state index in [1.54, 1.807) is 13.0 Å². The monoisotopic (exact) mass is 442 g/mol. The molecule has 3 amide bonds. The highest BCUT2D eigenvalue weighted by molar-refractivity contribution is 6.05. The van der Waals surface area contributed by atoms with Crippen molar-refractivity contribution in [2.75, 3.05) is 10.6 Å². The number of hydrogen-bond donors (Lipinski definition) is 3. The fourth-order valence-electron chi connectivity index (χ4n) is 3.31. The Morgan fingerprint density at radius 2 is 1.76 bits per heavy atom. The quantitative estimate of drug-likeness (QED) is 0.375. The zero-order chi connectivity index (χ0) is 23.4. The largest absolute Gasteiger partial charge is 0.459 e. The van der Waals surface area contributed by atoms with Gasteiger partial charge >= 0.3 is 6.03 Å². The summed E-state index contributed by atoms with van der Waals surface area (Å²) in [5, 5.41) is 18.4. The number of benzene rings is 3. The molecule has 0 spiro atoms. The lowest BCUT2D eigenvalue weighted by Crippen LogP contribution is -2.31. The van der Waals surface area contributed by atoms with Gasteiger partial charge in [-0.05, 0) is 49.4 Å². The van der Waals surface area contributed by atoms with Crippen LogP contribution in [0.25, 0.3) is 11.0 Å². The summed E-state index contributed by atoms with van der Waals surface area (Å²) in [6.07, 6.45) is 0. The number of furan rings is 1. The van der Waals surface area contributed by atoms with E-state index in [0.29, 0.717) is 11.4 Å². The van der Waals surface area contributed by atoms with E-state index in [9.17, 15) is 19.2 Å². The van der Waals surface area contributed by atoms with Gasteiger partial charge in [-0.3, -0.25) is 4.79 Å². The molecule has 0 aliphatic carbocycles. The Balaban J connectivity index is 1.43. The number of hydrogen-bond acceptors (Lipinski definition) is 4. The average molecular weight is 442 g/mol. The third kappa shape index (κ3) is 4.83. The number of carbonyl (C=O) groups excluding carboxylic acids is 2. The minimum atomic E-state index is -0.678. The van der Waals surface area contributed by atoms with Gasteiger partial charge < -0.3 is 20.4 Å². The van der Waals surface area contributed by atoms with Crippen LogP contribution in [0.5, 0.6) is 0 Å². The summed E-state index contributed by atoms with van der Waals surface area (Å²) in [6, 6.07) is 20.5. The summed E-state index contributed by atoms with van der Waals surface area (Å²) in [5.74, 6) is -0.736. The lowest BCUT2D eigenvalue weighted by atomic mass is 10.1. The van der Waals surface area contributed by atoms with Crippen LogP contribution in [0.1, 0.15) is 34.6 Å². The van der Waals surface area contributed by atoms with Crippen molar-refractivity contribution in [3.63, 3.8) is 0 Å². The van der Waals surface area contributed by atoms with Crippen molar-refractivity contribution >= 4 is 34.3 Å². The SMILES string of the molecule is CC(NC(=O)Nc1ccc(NC(=O)c2ccccc2F)c(C#N)c1)c1cc2ccccc2o1. The van der Waals surface area contributed by atoms with E-state index >= 15 is 0 Å². The van der Waals surface area contributed by atoms with Crippen LogP contribution >= 0.6 is 0 Å². The molecule has 1 heterocycles. The summed E-state index contributed by atoms with van der Waals surface area (Å²) >= 11 is 0. The third-order valence-electron chi connectivity index (χ3n) is 4.98. The smallest absolute Gasteiger partial charge is 0.319 e. The highest BCUT2D eigenvalue weighted by Gasteiger charge is 2.16. The van der Waals surface area contributed by atoms with E-state index in [2.05, 4.69) is 16.0 Å². The number of anilines is 2. The van der Waals surface area contributed by atoms with Crippen LogP contribution in [-0.2, 0) is 0 Å². The molecule has 0 radical (unpaired) electrons. The van der Waals surface area contributed by atoms with E-state index < -0.39 is 23.8 Å². The standard InChI is InChI=1S/C25H19FN4O3/c1-15(23-13-16-6-2-5-9-22(16)33-23)28-25(32)29-18-10-11-21(17(12-18)14-27)30-24(31)19-7-3-4-8-20(19)26/h2-13,15H,1H3,(H,30,31)(H2,28,29,32). The number of amides is 3. The van der Waals surface area contributed by atoms with Crippen LogP contribution in [0.3, 0.4) is 0 Å². The van der Waals surface area contributed by atoms with Crippen molar-refractivity contribution in [2.45, 2.75) is 13.0 Å². The fourth-order valence-corrected chi connectivity index (χ4v) is 3.31. The summed E-state index contributed by atoms with van der Waals surface area (Å²) in [4.78, 5) is 24.8. The van der Waals surface area contributed by atoms with Crippen LogP contribution in [0, 0.1) is 17.1 Å². The minimum absolute atomic E-state index is 0.114. The van der Waals surface area contributed by atoms with Gasteiger partial charge in [0, 0.05) is 11.1 Å². The molecule has 1 atom stereocenters. The molecule has 3 aromatic carbocycles. The molecule has 3 N–H and O–H groups in total. The van der Waals surface area contributed by atoms with Crippen molar-refractivity contribution < 1.29 is 18.4 Å². The molecule has 164 valence electrons.